The minimum Gasteiger partial charge on any atom is -0.314 e. The van der Waals surface area contributed by atoms with Crippen LogP contribution in [0, 0.1) is 0 Å². The molecule has 92 valence electrons. The predicted octanol–water partition coefficient (Wildman–Crippen LogP) is 1.78. The van der Waals surface area contributed by atoms with Gasteiger partial charge in [-0.15, -0.1) is 11.8 Å². The Kier molecular flexibility index (Phi) is 3.69. The molecule has 1 N–H and O–H groups in total. The molecule has 3 rings (SSSR count). The van der Waals surface area contributed by atoms with Crippen LogP contribution in [-0.2, 0) is 12.8 Å². The van der Waals surface area contributed by atoms with Crippen molar-refractivity contribution in [2.24, 2.45) is 0 Å². The maximum absolute atomic E-state index is 3.41. The van der Waals surface area contributed by atoms with Crippen LogP contribution in [0.5, 0.6) is 0 Å². The highest BCUT2D eigenvalue weighted by Gasteiger charge is 2.16. The lowest BCUT2D eigenvalue weighted by molar-refractivity contribution is 0.243. The van der Waals surface area contributed by atoms with Crippen molar-refractivity contribution in [2.45, 2.75) is 17.7 Å². The van der Waals surface area contributed by atoms with E-state index in [4.69, 9.17) is 0 Å². The van der Waals surface area contributed by atoms with E-state index >= 15 is 0 Å². The fourth-order valence-corrected chi connectivity index (χ4v) is 3.85. The van der Waals surface area contributed by atoms with Gasteiger partial charge in [-0.1, -0.05) is 12.1 Å². The largest absolute Gasteiger partial charge is 0.314 e. The first kappa shape index (κ1) is 11.6. The second kappa shape index (κ2) is 5.42. The molecular formula is C14H20N2S. The molecule has 2 nitrogen and oxygen atoms in total. The smallest absolute Gasteiger partial charge is 0.0108 e. The minimum atomic E-state index is 1.16. The van der Waals surface area contributed by atoms with Crippen molar-refractivity contribution >= 4 is 11.8 Å². The summed E-state index contributed by atoms with van der Waals surface area (Å²) in [5.41, 5.74) is 3.22. The third-order valence-electron chi connectivity index (χ3n) is 3.75. The number of fused-ring (bicyclic) bond motifs is 1. The second-order valence-electron chi connectivity index (χ2n) is 4.83. The van der Waals surface area contributed by atoms with Crippen LogP contribution < -0.4 is 5.32 Å². The molecule has 0 radical (unpaired) electrons. The number of hydrogen-bond acceptors (Lipinski definition) is 3. The third-order valence-corrected chi connectivity index (χ3v) is 4.85. The molecule has 0 amide bonds. The van der Waals surface area contributed by atoms with Crippen LogP contribution in [0.15, 0.2) is 23.1 Å². The number of thioether (sulfide) groups is 1. The number of nitrogens with zero attached hydrogens (tertiary/aromatic N) is 1. The average molecular weight is 248 g/mol. The number of benzene rings is 1. The van der Waals surface area contributed by atoms with Gasteiger partial charge in [-0.3, -0.25) is 0 Å². The van der Waals surface area contributed by atoms with Crippen molar-refractivity contribution in [1.29, 1.82) is 0 Å². The molecule has 1 fully saturated rings. The van der Waals surface area contributed by atoms with Crippen molar-refractivity contribution in [3.05, 3.63) is 29.3 Å². The summed E-state index contributed by atoms with van der Waals surface area (Å²) in [4.78, 5) is 4.11. The van der Waals surface area contributed by atoms with Gasteiger partial charge in [-0.2, -0.15) is 0 Å². The molecule has 1 saturated heterocycles. The van der Waals surface area contributed by atoms with E-state index < -0.39 is 0 Å². The zero-order chi connectivity index (χ0) is 11.5. The molecule has 0 unspecified atom stereocenters. The molecule has 0 aromatic heterocycles. The summed E-state index contributed by atoms with van der Waals surface area (Å²) in [6.07, 6.45) is 2.50. The molecule has 0 atom stereocenters. The van der Waals surface area contributed by atoms with Crippen molar-refractivity contribution in [2.75, 3.05) is 38.5 Å². The van der Waals surface area contributed by atoms with E-state index in [2.05, 4.69) is 28.4 Å². The Labute approximate surface area is 108 Å². The normalized spacial score (nSPS) is 20.5. The lowest BCUT2D eigenvalue weighted by Crippen LogP contribution is -2.44. The Hall–Kier alpha value is -0.510. The van der Waals surface area contributed by atoms with Gasteiger partial charge in [0.05, 0.1) is 0 Å². The maximum Gasteiger partial charge on any atom is 0.0108 e. The molecule has 3 heteroatoms. The highest BCUT2D eigenvalue weighted by molar-refractivity contribution is 7.99. The maximum atomic E-state index is 3.41. The lowest BCUT2D eigenvalue weighted by Gasteiger charge is -2.27. The van der Waals surface area contributed by atoms with Gasteiger partial charge in [-0.05, 0) is 30.0 Å². The highest BCUT2D eigenvalue weighted by atomic mass is 32.2. The van der Waals surface area contributed by atoms with Gasteiger partial charge in [0.25, 0.3) is 0 Å². The van der Waals surface area contributed by atoms with Crippen molar-refractivity contribution in [3.8, 4) is 0 Å². The molecule has 17 heavy (non-hydrogen) atoms. The van der Waals surface area contributed by atoms with E-state index in [9.17, 15) is 0 Å². The summed E-state index contributed by atoms with van der Waals surface area (Å²) >= 11 is 2.02. The van der Waals surface area contributed by atoms with Crippen molar-refractivity contribution in [3.63, 3.8) is 0 Å². The first-order valence-corrected chi connectivity index (χ1v) is 7.59. The summed E-state index contributed by atoms with van der Waals surface area (Å²) in [5.74, 6) is 1.28. The van der Waals surface area contributed by atoms with Gasteiger partial charge >= 0.3 is 0 Å². The molecule has 1 aromatic carbocycles. The molecule has 0 spiro atoms. The number of nitrogens with one attached hydrogen (secondary N) is 1. The molecule has 2 heterocycles. The topological polar surface area (TPSA) is 15.3 Å². The summed E-state index contributed by atoms with van der Waals surface area (Å²) in [7, 11) is 0. The van der Waals surface area contributed by atoms with E-state index in [0.717, 1.165) is 13.1 Å². The van der Waals surface area contributed by atoms with Crippen LogP contribution >= 0.6 is 11.8 Å². The van der Waals surface area contributed by atoms with Crippen LogP contribution in [0.2, 0.25) is 0 Å². The standard InChI is InChI=1S/C14H20N2S/c1-2-12(13-5-11-17-14(13)3-1)4-8-16-9-6-15-7-10-16/h1-3,15H,4-11H2. The molecule has 1 aromatic rings. The van der Waals surface area contributed by atoms with Crippen LogP contribution in [0.25, 0.3) is 0 Å². The third kappa shape index (κ3) is 2.67. The van der Waals surface area contributed by atoms with Gasteiger partial charge in [0.15, 0.2) is 0 Å². The van der Waals surface area contributed by atoms with Gasteiger partial charge in [0, 0.05) is 43.4 Å². The van der Waals surface area contributed by atoms with E-state index in [1.165, 1.54) is 43.1 Å². The van der Waals surface area contributed by atoms with Crippen LogP contribution in [-0.4, -0.2) is 43.4 Å². The Morgan fingerprint density at radius 3 is 3.00 bits per heavy atom. The fraction of sp³-hybridized carbons (Fsp3) is 0.571. The van der Waals surface area contributed by atoms with Crippen molar-refractivity contribution < 1.29 is 0 Å². The van der Waals surface area contributed by atoms with Gasteiger partial charge in [0.1, 0.15) is 0 Å². The Morgan fingerprint density at radius 1 is 1.24 bits per heavy atom. The first-order valence-electron chi connectivity index (χ1n) is 6.60. The van der Waals surface area contributed by atoms with Gasteiger partial charge in [-0.25, -0.2) is 0 Å². The van der Waals surface area contributed by atoms with Crippen molar-refractivity contribution in [1.82, 2.24) is 10.2 Å². The zero-order valence-electron chi connectivity index (χ0n) is 10.2. The lowest BCUT2D eigenvalue weighted by atomic mass is 10.0. The zero-order valence-corrected chi connectivity index (χ0v) is 11.1. The molecular weight excluding hydrogens is 228 g/mol. The summed E-state index contributed by atoms with van der Waals surface area (Å²) in [6, 6.07) is 6.83. The molecule has 2 aliphatic rings. The molecule has 0 bridgehead atoms. The highest BCUT2D eigenvalue weighted by Crippen LogP contribution is 2.33. The van der Waals surface area contributed by atoms with Crippen LogP contribution in [0.1, 0.15) is 11.1 Å². The predicted molar refractivity (Wildman–Crippen MR) is 73.9 cm³/mol. The Morgan fingerprint density at radius 2 is 2.12 bits per heavy atom. The van der Waals surface area contributed by atoms with Crippen LogP contribution in [0.3, 0.4) is 0 Å². The number of piperazine rings is 1. The second-order valence-corrected chi connectivity index (χ2v) is 5.97. The molecule has 2 aliphatic heterocycles. The van der Waals surface area contributed by atoms with E-state index in [1.54, 1.807) is 11.1 Å². The average Bonchev–Trinajstić information content (AvgIpc) is 2.86. The number of rotatable bonds is 3. The van der Waals surface area contributed by atoms with E-state index in [1.807, 2.05) is 11.8 Å². The van der Waals surface area contributed by atoms with E-state index in [0.29, 0.717) is 0 Å². The summed E-state index contributed by atoms with van der Waals surface area (Å²) in [5, 5.41) is 3.41. The van der Waals surface area contributed by atoms with Crippen LogP contribution in [0.4, 0.5) is 0 Å². The quantitative estimate of drug-likeness (QED) is 0.878. The summed E-state index contributed by atoms with van der Waals surface area (Å²) in [6.45, 7) is 5.96. The first-order chi connectivity index (χ1) is 8.43. The Bertz CT molecular complexity index is 386. The number of hydrogen-bond donors (Lipinski definition) is 1. The van der Waals surface area contributed by atoms with E-state index in [-0.39, 0.29) is 0 Å². The Balaban J connectivity index is 1.63. The molecule has 0 saturated carbocycles. The fourth-order valence-electron chi connectivity index (χ4n) is 2.74. The molecule has 0 aliphatic carbocycles. The SMILES string of the molecule is c1cc(CCN2CCNCC2)c2c(c1)SCC2. The monoisotopic (exact) mass is 248 g/mol. The minimum absolute atomic E-state index is 1.16. The van der Waals surface area contributed by atoms with Gasteiger partial charge < -0.3 is 10.2 Å². The van der Waals surface area contributed by atoms with Gasteiger partial charge in [0.2, 0.25) is 0 Å². The summed E-state index contributed by atoms with van der Waals surface area (Å²) < 4.78 is 0.